The van der Waals surface area contributed by atoms with Crippen LogP contribution in [0.4, 0.5) is 0 Å². The van der Waals surface area contributed by atoms with Crippen LogP contribution >= 0.6 is 24.8 Å². The molecular formula is C17H29Cl2N3O2. The third-order valence-electron chi connectivity index (χ3n) is 4.13. The SMILES string of the molecule is COc1ccccc1CN1CCN(C(=O)CCC(C)N)CC1.Cl.Cl. The highest BCUT2D eigenvalue weighted by molar-refractivity contribution is 5.85. The van der Waals surface area contributed by atoms with E-state index in [1.54, 1.807) is 7.11 Å². The lowest BCUT2D eigenvalue weighted by Gasteiger charge is -2.35. The first-order chi connectivity index (χ1) is 10.6. The van der Waals surface area contributed by atoms with E-state index in [1.807, 2.05) is 30.0 Å². The van der Waals surface area contributed by atoms with E-state index >= 15 is 0 Å². The van der Waals surface area contributed by atoms with Crippen LogP contribution in [0.15, 0.2) is 24.3 Å². The minimum atomic E-state index is 0. The van der Waals surface area contributed by atoms with Gasteiger partial charge in [-0.15, -0.1) is 24.8 Å². The summed E-state index contributed by atoms with van der Waals surface area (Å²) in [4.78, 5) is 16.4. The van der Waals surface area contributed by atoms with Gasteiger partial charge < -0.3 is 15.4 Å². The van der Waals surface area contributed by atoms with E-state index in [0.717, 1.165) is 44.9 Å². The molecule has 1 atom stereocenters. The van der Waals surface area contributed by atoms with Crippen LogP contribution in [0.2, 0.25) is 0 Å². The Labute approximate surface area is 157 Å². The Morgan fingerprint density at radius 3 is 2.42 bits per heavy atom. The maximum atomic E-state index is 12.1. The third-order valence-corrected chi connectivity index (χ3v) is 4.13. The number of amides is 1. The van der Waals surface area contributed by atoms with E-state index in [2.05, 4.69) is 11.0 Å². The summed E-state index contributed by atoms with van der Waals surface area (Å²) < 4.78 is 5.40. The van der Waals surface area contributed by atoms with Gasteiger partial charge in [-0.25, -0.2) is 0 Å². The van der Waals surface area contributed by atoms with Crippen molar-refractivity contribution in [1.82, 2.24) is 9.80 Å². The largest absolute Gasteiger partial charge is 0.496 e. The van der Waals surface area contributed by atoms with Crippen molar-refractivity contribution < 1.29 is 9.53 Å². The molecule has 1 fully saturated rings. The third kappa shape index (κ3) is 6.85. The van der Waals surface area contributed by atoms with Gasteiger partial charge in [0, 0.05) is 50.7 Å². The van der Waals surface area contributed by atoms with Gasteiger partial charge in [-0.1, -0.05) is 18.2 Å². The summed E-state index contributed by atoms with van der Waals surface area (Å²) in [6.07, 6.45) is 1.32. The number of para-hydroxylation sites is 1. The van der Waals surface area contributed by atoms with Gasteiger partial charge in [0.2, 0.25) is 5.91 Å². The first-order valence-corrected chi connectivity index (χ1v) is 7.97. The van der Waals surface area contributed by atoms with Gasteiger partial charge in [-0.05, 0) is 19.4 Å². The van der Waals surface area contributed by atoms with Crippen molar-refractivity contribution in [3.05, 3.63) is 29.8 Å². The molecule has 2 N–H and O–H groups in total. The molecule has 2 rings (SSSR count). The number of carbonyl (C=O) groups excluding carboxylic acids is 1. The van der Waals surface area contributed by atoms with Gasteiger partial charge in [0.25, 0.3) is 0 Å². The van der Waals surface area contributed by atoms with Gasteiger partial charge in [0.1, 0.15) is 5.75 Å². The van der Waals surface area contributed by atoms with Gasteiger partial charge in [0.05, 0.1) is 7.11 Å². The van der Waals surface area contributed by atoms with Crippen molar-refractivity contribution in [1.29, 1.82) is 0 Å². The molecule has 1 unspecified atom stereocenters. The normalized spacial score (nSPS) is 15.9. The summed E-state index contributed by atoms with van der Waals surface area (Å²) in [5, 5.41) is 0. The average Bonchev–Trinajstić information content (AvgIpc) is 2.54. The van der Waals surface area contributed by atoms with Crippen LogP contribution in [-0.4, -0.2) is 55.0 Å². The quantitative estimate of drug-likeness (QED) is 0.826. The lowest BCUT2D eigenvalue weighted by molar-refractivity contribution is -0.133. The molecule has 7 heteroatoms. The summed E-state index contributed by atoms with van der Waals surface area (Å²) in [6, 6.07) is 8.20. The fourth-order valence-electron chi connectivity index (χ4n) is 2.74. The molecule has 5 nitrogen and oxygen atoms in total. The van der Waals surface area contributed by atoms with E-state index in [-0.39, 0.29) is 36.8 Å². The first-order valence-electron chi connectivity index (χ1n) is 7.97. The van der Waals surface area contributed by atoms with Crippen LogP contribution in [0.3, 0.4) is 0 Å². The highest BCUT2D eigenvalue weighted by atomic mass is 35.5. The second-order valence-corrected chi connectivity index (χ2v) is 5.98. The Bertz CT molecular complexity index is 492. The van der Waals surface area contributed by atoms with E-state index in [1.165, 1.54) is 5.56 Å². The molecule has 138 valence electrons. The van der Waals surface area contributed by atoms with Gasteiger partial charge >= 0.3 is 0 Å². The van der Waals surface area contributed by atoms with Gasteiger partial charge in [-0.3, -0.25) is 9.69 Å². The maximum Gasteiger partial charge on any atom is 0.222 e. The fourth-order valence-corrected chi connectivity index (χ4v) is 2.74. The zero-order chi connectivity index (χ0) is 15.9. The fraction of sp³-hybridized carbons (Fsp3) is 0.588. The zero-order valence-corrected chi connectivity index (χ0v) is 16.1. The van der Waals surface area contributed by atoms with Crippen molar-refractivity contribution in [3.63, 3.8) is 0 Å². The number of ether oxygens (including phenoxy) is 1. The Balaban J connectivity index is 0.00000264. The molecule has 1 amide bonds. The number of nitrogens with zero attached hydrogens (tertiary/aromatic N) is 2. The number of nitrogens with two attached hydrogens (primary N) is 1. The minimum absolute atomic E-state index is 0. The number of halogens is 2. The molecule has 0 saturated carbocycles. The molecular weight excluding hydrogens is 349 g/mol. The summed E-state index contributed by atoms with van der Waals surface area (Å²) in [7, 11) is 1.70. The highest BCUT2D eigenvalue weighted by Gasteiger charge is 2.21. The number of carbonyl (C=O) groups is 1. The summed E-state index contributed by atoms with van der Waals surface area (Å²) in [6.45, 7) is 6.22. The second kappa shape index (κ2) is 11.5. The molecule has 1 aromatic rings. The molecule has 0 aromatic heterocycles. The lowest BCUT2D eigenvalue weighted by atomic mass is 10.1. The smallest absolute Gasteiger partial charge is 0.222 e. The predicted octanol–water partition coefficient (Wildman–Crippen LogP) is 2.31. The molecule has 1 aliphatic heterocycles. The van der Waals surface area contributed by atoms with E-state index in [4.69, 9.17) is 10.5 Å². The number of hydrogen-bond donors (Lipinski definition) is 1. The Morgan fingerprint density at radius 2 is 1.83 bits per heavy atom. The minimum Gasteiger partial charge on any atom is -0.496 e. The van der Waals surface area contributed by atoms with Crippen LogP contribution in [-0.2, 0) is 11.3 Å². The molecule has 0 aliphatic carbocycles. The highest BCUT2D eigenvalue weighted by Crippen LogP contribution is 2.20. The Hall–Kier alpha value is -1.01. The first kappa shape index (κ1) is 23.0. The molecule has 1 saturated heterocycles. The lowest BCUT2D eigenvalue weighted by Crippen LogP contribution is -2.48. The second-order valence-electron chi connectivity index (χ2n) is 5.98. The molecule has 1 heterocycles. The monoisotopic (exact) mass is 377 g/mol. The molecule has 0 spiro atoms. The number of hydrogen-bond acceptors (Lipinski definition) is 4. The Kier molecular flexibility index (Phi) is 11.0. The maximum absolute atomic E-state index is 12.1. The van der Waals surface area contributed by atoms with Crippen LogP contribution < -0.4 is 10.5 Å². The van der Waals surface area contributed by atoms with Gasteiger partial charge in [-0.2, -0.15) is 0 Å². The zero-order valence-electron chi connectivity index (χ0n) is 14.4. The van der Waals surface area contributed by atoms with Crippen molar-refractivity contribution in [2.45, 2.75) is 32.4 Å². The van der Waals surface area contributed by atoms with Crippen LogP contribution in [0.25, 0.3) is 0 Å². The number of benzene rings is 1. The molecule has 24 heavy (non-hydrogen) atoms. The summed E-state index contributed by atoms with van der Waals surface area (Å²) >= 11 is 0. The topological polar surface area (TPSA) is 58.8 Å². The van der Waals surface area contributed by atoms with Crippen LogP contribution in [0.1, 0.15) is 25.3 Å². The van der Waals surface area contributed by atoms with Crippen molar-refractivity contribution in [3.8, 4) is 5.75 Å². The van der Waals surface area contributed by atoms with Gasteiger partial charge in [0.15, 0.2) is 0 Å². The van der Waals surface area contributed by atoms with Crippen LogP contribution in [0.5, 0.6) is 5.75 Å². The number of piperazine rings is 1. The van der Waals surface area contributed by atoms with Crippen molar-refractivity contribution in [2.24, 2.45) is 5.73 Å². The molecule has 0 radical (unpaired) electrons. The standard InChI is InChI=1S/C17H27N3O2.2ClH/c1-14(18)7-8-17(21)20-11-9-19(10-12-20)13-15-5-3-4-6-16(15)22-2;;/h3-6,14H,7-13,18H2,1-2H3;2*1H. The average molecular weight is 378 g/mol. The van der Waals surface area contributed by atoms with E-state index in [0.29, 0.717) is 6.42 Å². The van der Waals surface area contributed by atoms with E-state index in [9.17, 15) is 4.79 Å². The number of methoxy groups -OCH3 is 1. The Morgan fingerprint density at radius 1 is 1.21 bits per heavy atom. The van der Waals surface area contributed by atoms with E-state index < -0.39 is 0 Å². The van der Waals surface area contributed by atoms with Crippen LogP contribution in [0, 0.1) is 0 Å². The molecule has 1 aromatic carbocycles. The number of rotatable bonds is 6. The summed E-state index contributed by atoms with van der Waals surface area (Å²) in [5.41, 5.74) is 6.91. The van der Waals surface area contributed by atoms with Crippen molar-refractivity contribution >= 4 is 30.7 Å². The van der Waals surface area contributed by atoms with Crippen molar-refractivity contribution in [2.75, 3.05) is 33.3 Å². The molecule has 1 aliphatic rings. The molecule has 0 bridgehead atoms. The predicted molar refractivity (Wildman–Crippen MR) is 102 cm³/mol. The summed E-state index contributed by atoms with van der Waals surface area (Å²) in [5.74, 6) is 1.16.